The van der Waals surface area contributed by atoms with E-state index in [4.69, 9.17) is 27.4 Å². The number of carbonyl (C=O) groups is 1. The minimum Gasteiger partial charge on any atom is -0.379 e. The predicted octanol–water partition coefficient (Wildman–Crippen LogP) is 7.17. The van der Waals surface area contributed by atoms with Crippen LogP contribution >= 0.6 is 23.2 Å². The first-order chi connectivity index (χ1) is 16.7. The quantitative estimate of drug-likeness (QED) is 0.274. The molecule has 0 aliphatic rings. The summed E-state index contributed by atoms with van der Waals surface area (Å²) in [5.41, 5.74) is 1.27. The van der Waals surface area contributed by atoms with Crippen LogP contribution in [0.1, 0.15) is 66.9 Å². The number of halogens is 2. The highest BCUT2D eigenvalue weighted by atomic mass is 35.5. The molecule has 1 unspecified atom stereocenters. The molecule has 1 amide bonds. The standard InChI is InChI=1S/C27H38Cl2N2O4S/c1-8-19(4)31(26(32)17-27(5,6)7)18-20-11-12-21(30(9-2)10-3)15-25(20)35-36(33,34)22-13-14-23(28)24(29)16-22/h11-16,19H,8-10,17-18H2,1-7H3. The number of carbonyl (C=O) groups excluding carboxylic acids is 1. The summed E-state index contributed by atoms with van der Waals surface area (Å²) in [4.78, 5) is 17.1. The van der Waals surface area contributed by atoms with Gasteiger partial charge in [0, 0.05) is 49.4 Å². The molecule has 0 heterocycles. The Kier molecular flexibility index (Phi) is 10.5. The second-order valence-electron chi connectivity index (χ2n) is 10.1. The first kappa shape index (κ1) is 30.3. The van der Waals surface area contributed by atoms with Crippen molar-refractivity contribution < 1.29 is 17.4 Å². The number of rotatable bonds is 11. The van der Waals surface area contributed by atoms with Crippen molar-refractivity contribution in [2.45, 2.75) is 78.8 Å². The van der Waals surface area contributed by atoms with Crippen molar-refractivity contribution in [3.63, 3.8) is 0 Å². The number of nitrogens with zero attached hydrogens (tertiary/aromatic N) is 2. The molecule has 2 aromatic rings. The predicted molar refractivity (Wildman–Crippen MR) is 149 cm³/mol. The van der Waals surface area contributed by atoms with Gasteiger partial charge in [-0.05, 0) is 56.9 Å². The van der Waals surface area contributed by atoms with E-state index >= 15 is 0 Å². The van der Waals surface area contributed by atoms with Crippen LogP contribution in [0.2, 0.25) is 10.0 Å². The van der Waals surface area contributed by atoms with Crippen molar-refractivity contribution in [1.82, 2.24) is 4.90 Å². The van der Waals surface area contributed by atoms with Crippen molar-refractivity contribution >= 4 is 44.9 Å². The van der Waals surface area contributed by atoms with E-state index in [1.165, 1.54) is 18.2 Å². The molecular weight excluding hydrogens is 519 g/mol. The van der Waals surface area contributed by atoms with Gasteiger partial charge in [0.25, 0.3) is 0 Å². The monoisotopic (exact) mass is 556 g/mol. The maximum atomic E-state index is 13.3. The molecule has 2 rings (SSSR count). The zero-order valence-electron chi connectivity index (χ0n) is 22.3. The smallest absolute Gasteiger partial charge is 0.339 e. The van der Waals surface area contributed by atoms with Gasteiger partial charge in [-0.1, -0.05) is 57.0 Å². The molecule has 9 heteroatoms. The molecule has 0 aliphatic carbocycles. The van der Waals surface area contributed by atoms with E-state index < -0.39 is 10.1 Å². The molecule has 0 N–H and O–H groups in total. The molecule has 0 fully saturated rings. The highest BCUT2D eigenvalue weighted by molar-refractivity contribution is 7.87. The van der Waals surface area contributed by atoms with Crippen LogP contribution in [0, 0.1) is 5.41 Å². The Balaban J connectivity index is 2.55. The topological polar surface area (TPSA) is 66.9 Å². The number of hydrogen-bond donors (Lipinski definition) is 0. The summed E-state index contributed by atoms with van der Waals surface area (Å²) in [6.45, 7) is 15.9. The van der Waals surface area contributed by atoms with E-state index in [-0.39, 0.29) is 44.6 Å². The number of benzene rings is 2. The van der Waals surface area contributed by atoms with Gasteiger partial charge in [0.15, 0.2) is 0 Å². The number of amides is 1. The SMILES string of the molecule is CCC(C)N(Cc1ccc(N(CC)CC)cc1OS(=O)(=O)c1ccc(Cl)c(Cl)c1)C(=O)CC(C)(C)C. The second-order valence-corrected chi connectivity index (χ2v) is 12.5. The third-order valence-corrected chi connectivity index (χ3v) is 7.99. The first-order valence-electron chi connectivity index (χ1n) is 12.3. The first-order valence-corrected chi connectivity index (χ1v) is 14.5. The van der Waals surface area contributed by atoms with Crippen LogP contribution in [-0.4, -0.2) is 38.4 Å². The highest BCUT2D eigenvalue weighted by Crippen LogP contribution is 2.32. The molecular formula is C27H38Cl2N2O4S. The number of hydrogen-bond acceptors (Lipinski definition) is 5. The summed E-state index contributed by atoms with van der Waals surface area (Å²) in [7, 11) is -4.21. The van der Waals surface area contributed by atoms with Gasteiger partial charge < -0.3 is 14.0 Å². The average molecular weight is 558 g/mol. The third-order valence-electron chi connectivity index (χ3n) is 6.02. The van der Waals surface area contributed by atoms with Gasteiger partial charge in [-0.25, -0.2) is 0 Å². The lowest BCUT2D eigenvalue weighted by Gasteiger charge is -2.32. The fraction of sp³-hybridized carbons (Fsp3) is 0.519. The second kappa shape index (κ2) is 12.5. The van der Waals surface area contributed by atoms with Crippen LogP contribution in [0.4, 0.5) is 5.69 Å². The molecule has 0 bridgehead atoms. The van der Waals surface area contributed by atoms with Crippen LogP contribution in [0.15, 0.2) is 41.3 Å². The fourth-order valence-electron chi connectivity index (χ4n) is 3.78. The van der Waals surface area contributed by atoms with Crippen LogP contribution in [0.5, 0.6) is 5.75 Å². The molecule has 1 atom stereocenters. The van der Waals surface area contributed by atoms with E-state index in [0.717, 1.165) is 25.2 Å². The summed E-state index contributed by atoms with van der Waals surface area (Å²) >= 11 is 12.0. The van der Waals surface area contributed by atoms with E-state index in [1.54, 1.807) is 11.0 Å². The normalized spacial score (nSPS) is 12.8. The van der Waals surface area contributed by atoms with E-state index in [1.807, 2.05) is 60.6 Å². The van der Waals surface area contributed by atoms with Crippen molar-refractivity contribution in [1.29, 1.82) is 0 Å². The molecule has 6 nitrogen and oxygen atoms in total. The molecule has 0 saturated carbocycles. The van der Waals surface area contributed by atoms with Gasteiger partial charge in [-0.2, -0.15) is 8.42 Å². The van der Waals surface area contributed by atoms with Crippen molar-refractivity contribution in [3.05, 3.63) is 52.0 Å². The zero-order chi connectivity index (χ0) is 27.3. The van der Waals surface area contributed by atoms with Gasteiger partial charge in [-0.15, -0.1) is 0 Å². The van der Waals surface area contributed by atoms with E-state index in [0.29, 0.717) is 12.0 Å². The molecule has 2 aromatic carbocycles. The van der Waals surface area contributed by atoms with Crippen molar-refractivity contribution in [3.8, 4) is 5.75 Å². The molecule has 200 valence electrons. The Morgan fingerprint density at radius 2 is 1.64 bits per heavy atom. The van der Waals surface area contributed by atoms with Gasteiger partial charge in [0.2, 0.25) is 5.91 Å². The number of anilines is 1. The lowest BCUT2D eigenvalue weighted by Crippen LogP contribution is -2.39. The summed E-state index contributed by atoms with van der Waals surface area (Å²) in [6.07, 6.45) is 1.15. The maximum Gasteiger partial charge on any atom is 0.339 e. The molecule has 0 aliphatic heterocycles. The van der Waals surface area contributed by atoms with Crippen LogP contribution < -0.4 is 9.08 Å². The lowest BCUT2D eigenvalue weighted by atomic mass is 9.91. The molecule has 0 radical (unpaired) electrons. The Morgan fingerprint density at radius 3 is 2.17 bits per heavy atom. The van der Waals surface area contributed by atoms with Gasteiger partial charge >= 0.3 is 10.1 Å². The van der Waals surface area contributed by atoms with Crippen LogP contribution in [0.3, 0.4) is 0 Å². The fourth-order valence-corrected chi connectivity index (χ4v) is 5.13. The van der Waals surface area contributed by atoms with Crippen LogP contribution in [-0.2, 0) is 21.5 Å². The molecule has 0 saturated heterocycles. The van der Waals surface area contributed by atoms with Crippen molar-refractivity contribution in [2.24, 2.45) is 5.41 Å². The summed E-state index contributed by atoms with van der Waals surface area (Å²) < 4.78 is 32.1. The average Bonchev–Trinajstić information content (AvgIpc) is 2.79. The zero-order valence-corrected chi connectivity index (χ0v) is 24.6. The van der Waals surface area contributed by atoms with Crippen LogP contribution in [0.25, 0.3) is 0 Å². The Morgan fingerprint density at radius 1 is 1.00 bits per heavy atom. The molecule has 0 aromatic heterocycles. The van der Waals surface area contributed by atoms with Gasteiger partial charge in [0.1, 0.15) is 10.6 Å². The third kappa shape index (κ3) is 8.02. The molecule has 36 heavy (non-hydrogen) atoms. The summed E-state index contributed by atoms with van der Waals surface area (Å²) in [5, 5.41) is 0.371. The minimum atomic E-state index is -4.21. The Hall–Kier alpha value is -1.96. The van der Waals surface area contributed by atoms with E-state index in [9.17, 15) is 13.2 Å². The summed E-state index contributed by atoms with van der Waals surface area (Å²) in [5.74, 6) is 0.199. The maximum absolute atomic E-state index is 13.3. The van der Waals surface area contributed by atoms with Gasteiger partial charge in [0.05, 0.1) is 10.0 Å². The van der Waals surface area contributed by atoms with Gasteiger partial charge in [-0.3, -0.25) is 4.79 Å². The minimum absolute atomic E-state index is 0.0166. The summed E-state index contributed by atoms with van der Waals surface area (Å²) in [6, 6.07) is 9.52. The van der Waals surface area contributed by atoms with E-state index in [2.05, 4.69) is 4.90 Å². The Bertz CT molecular complexity index is 1160. The largest absolute Gasteiger partial charge is 0.379 e. The van der Waals surface area contributed by atoms with Crippen molar-refractivity contribution in [2.75, 3.05) is 18.0 Å². The highest BCUT2D eigenvalue weighted by Gasteiger charge is 2.27. The molecule has 0 spiro atoms. The Labute approximate surface area is 226 Å². The lowest BCUT2D eigenvalue weighted by molar-refractivity contribution is -0.135.